The minimum Gasteiger partial charge on any atom is -0.459 e. The molecule has 2 rings (SSSR count). The maximum Gasteiger partial charge on any atom is 0.293 e. The fourth-order valence-electron chi connectivity index (χ4n) is 1.76. The van der Waals surface area contributed by atoms with Gasteiger partial charge in [0.2, 0.25) is 5.91 Å². The molecule has 6 nitrogen and oxygen atoms in total. The first-order chi connectivity index (χ1) is 8.19. The van der Waals surface area contributed by atoms with Gasteiger partial charge in [-0.1, -0.05) is 0 Å². The SMILES string of the molecule is O=C(CN1CC(CO)C1)NC(=O)c1ccco1. The first-order valence-corrected chi connectivity index (χ1v) is 5.40. The van der Waals surface area contributed by atoms with Gasteiger partial charge in [0.25, 0.3) is 5.91 Å². The highest BCUT2D eigenvalue weighted by Gasteiger charge is 2.27. The second-order valence-corrected chi connectivity index (χ2v) is 4.10. The highest BCUT2D eigenvalue weighted by Crippen LogP contribution is 2.13. The van der Waals surface area contributed by atoms with E-state index in [1.165, 1.54) is 12.3 Å². The highest BCUT2D eigenvalue weighted by molar-refractivity contribution is 6.03. The lowest BCUT2D eigenvalue weighted by Crippen LogP contribution is -2.52. The van der Waals surface area contributed by atoms with Gasteiger partial charge in [-0.2, -0.15) is 0 Å². The van der Waals surface area contributed by atoms with Crippen LogP contribution in [0.4, 0.5) is 0 Å². The van der Waals surface area contributed by atoms with E-state index in [0.717, 1.165) is 0 Å². The molecule has 6 heteroatoms. The van der Waals surface area contributed by atoms with Crippen LogP contribution in [-0.2, 0) is 4.79 Å². The van der Waals surface area contributed by atoms with E-state index in [4.69, 9.17) is 9.52 Å². The third-order valence-electron chi connectivity index (χ3n) is 2.66. The Morgan fingerprint density at radius 2 is 2.29 bits per heavy atom. The van der Waals surface area contributed by atoms with Gasteiger partial charge >= 0.3 is 0 Å². The standard InChI is InChI=1S/C11H14N2O4/c14-7-8-4-13(5-8)6-10(15)12-11(16)9-2-1-3-17-9/h1-3,8,14H,4-7H2,(H,12,15,16). The molecule has 92 valence electrons. The Balaban J connectivity index is 1.73. The summed E-state index contributed by atoms with van der Waals surface area (Å²) >= 11 is 0. The lowest BCUT2D eigenvalue weighted by atomic mass is 10.0. The van der Waals surface area contributed by atoms with Gasteiger partial charge in [-0.25, -0.2) is 0 Å². The lowest BCUT2D eigenvalue weighted by molar-refractivity contribution is -0.123. The Hall–Kier alpha value is -1.66. The van der Waals surface area contributed by atoms with Gasteiger partial charge in [0, 0.05) is 25.6 Å². The minimum absolute atomic E-state index is 0.121. The number of furan rings is 1. The number of aliphatic hydroxyl groups excluding tert-OH is 1. The van der Waals surface area contributed by atoms with Crippen LogP contribution < -0.4 is 5.32 Å². The average molecular weight is 238 g/mol. The van der Waals surface area contributed by atoms with Crippen LogP contribution in [0, 0.1) is 5.92 Å². The average Bonchev–Trinajstić information content (AvgIpc) is 2.75. The van der Waals surface area contributed by atoms with Crippen molar-refractivity contribution in [2.75, 3.05) is 26.2 Å². The van der Waals surface area contributed by atoms with E-state index in [-0.39, 0.29) is 30.7 Å². The van der Waals surface area contributed by atoms with Crippen molar-refractivity contribution in [2.24, 2.45) is 5.92 Å². The molecule has 1 aliphatic heterocycles. The molecule has 0 radical (unpaired) electrons. The molecule has 0 aromatic carbocycles. The normalized spacial score (nSPS) is 16.5. The fraction of sp³-hybridized carbons (Fsp3) is 0.455. The summed E-state index contributed by atoms with van der Waals surface area (Å²) in [7, 11) is 0. The van der Waals surface area contributed by atoms with E-state index in [9.17, 15) is 9.59 Å². The van der Waals surface area contributed by atoms with Crippen LogP contribution in [0.25, 0.3) is 0 Å². The van der Waals surface area contributed by atoms with Gasteiger partial charge in [0.1, 0.15) is 0 Å². The van der Waals surface area contributed by atoms with Crippen LogP contribution >= 0.6 is 0 Å². The zero-order valence-corrected chi connectivity index (χ0v) is 9.26. The van der Waals surface area contributed by atoms with E-state index < -0.39 is 5.91 Å². The van der Waals surface area contributed by atoms with Gasteiger partial charge in [-0.3, -0.25) is 19.8 Å². The Bertz CT molecular complexity index is 396. The summed E-state index contributed by atoms with van der Waals surface area (Å²) in [5.74, 6) is -0.513. The zero-order chi connectivity index (χ0) is 12.3. The first-order valence-electron chi connectivity index (χ1n) is 5.40. The summed E-state index contributed by atoms with van der Waals surface area (Å²) in [6.07, 6.45) is 1.38. The van der Waals surface area contributed by atoms with Crippen molar-refractivity contribution in [3.8, 4) is 0 Å². The zero-order valence-electron chi connectivity index (χ0n) is 9.26. The van der Waals surface area contributed by atoms with Crippen molar-refractivity contribution in [2.45, 2.75) is 0 Å². The second kappa shape index (κ2) is 5.11. The minimum atomic E-state index is -0.528. The summed E-state index contributed by atoms with van der Waals surface area (Å²) in [4.78, 5) is 24.8. The molecule has 1 saturated heterocycles. The molecule has 17 heavy (non-hydrogen) atoms. The van der Waals surface area contributed by atoms with Crippen LogP contribution in [0.15, 0.2) is 22.8 Å². The third kappa shape index (κ3) is 2.92. The number of amides is 2. The van der Waals surface area contributed by atoms with Crippen LogP contribution in [0.3, 0.4) is 0 Å². The Morgan fingerprint density at radius 1 is 1.53 bits per heavy atom. The fourth-order valence-corrected chi connectivity index (χ4v) is 1.76. The molecule has 2 amide bonds. The maximum atomic E-state index is 11.5. The van der Waals surface area contributed by atoms with E-state index in [2.05, 4.69) is 5.32 Å². The van der Waals surface area contributed by atoms with Crippen molar-refractivity contribution in [1.29, 1.82) is 0 Å². The number of nitrogens with zero attached hydrogens (tertiary/aromatic N) is 1. The third-order valence-corrected chi connectivity index (χ3v) is 2.66. The van der Waals surface area contributed by atoms with Crippen molar-refractivity contribution in [3.05, 3.63) is 24.2 Å². The molecule has 1 aromatic heterocycles. The lowest BCUT2D eigenvalue weighted by Gasteiger charge is -2.37. The summed E-state index contributed by atoms with van der Waals surface area (Å²) in [6.45, 7) is 1.70. The molecule has 0 unspecified atom stereocenters. The molecule has 1 aliphatic rings. The summed E-state index contributed by atoms with van der Waals surface area (Å²) in [6, 6.07) is 3.08. The van der Waals surface area contributed by atoms with Crippen LogP contribution in [0.1, 0.15) is 10.6 Å². The van der Waals surface area contributed by atoms with Gasteiger partial charge < -0.3 is 9.52 Å². The predicted octanol–water partition coefficient (Wildman–Crippen LogP) is -0.540. The van der Waals surface area contributed by atoms with Crippen molar-refractivity contribution >= 4 is 11.8 Å². The number of hydrogen-bond donors (Lipinski definition) is 2. The highest BCUT2D eigenvalue weighted by atomic mass is 16.3. The van der Waals surface area contributed by atoms with Gasteiger partial charge in [-0.15, -0.1) is 0 Å². The smallest absolute Gasteiger partial charge is 0.293 e. The quantitative estimate of drug-likeness (QED) is 0.736. The van der Waals surface area contributed by atoms with Crippen molar-refractivity contribution in [3.63, 3.8) is 0 Å². The van der Waals surface area contributed by atoms with Crippen molar-refractivity contribution in [1.82, 2.24) is 10.2 Å². The molecule has 0 atom stereocenters. The molecule has 0 saturated carbocycles. The molecular formula is C11H14N2O4. The molecule has 2 N–H and O–H groups in total. The van der Waals surface area contributed by atoms with Gasteiger partial charge in [0.15, 0.2) is 5.76 Å². The van der Waals surface area contributed by atoms with Crippen LogP contribution in [0.5, 0.6) is 0 Å². The monoisotopic (exact) mass is 238 g/mol. The molecular weight excluding hydrogens is 224 g/mol. The number of carbonyl (C=O) groups is 2. The first kappa shape index (κ1) is 11.8. The van der Waals surface area contributed by atoms with E-state index in [1.807, 2.05) is 4.90 Å². The summed E-state index contributed by atoms with van der Waals surface area (Å²) in [5.41, 5.74) is 0. The summed E-state index contributed by atoms with van der Waals surface area (Å²) in [5, 5.41) is 11.1. The summed E-state index contributed by atoms with van der Waals surface area (Å²) < 4.78 is 4.86. The number of aliphatic hydroxyl groups is 1. The molecule has 0 spiro atoms. The number of likely N-dealkylation sites (tertiary alicyclic amines) is 1. The number of nitrogens with one attached hydrogen (secondary N) is 1. The molecule has 2 heterocycles. The molecule has 0 aliphatic carbocycles. The Kier molecular flexibility index (Phi) is 3.55. The number of rotatable bonds is 4. The Labute approximate surface area is 98.2 Å². The van der Waals surface area contributed by atoms with E-state index >= 15 is 0 Å². The predicted molar refractivity (Wildman–Crippen MR) is 58.2 cm³/mol. The molecule has 0 bridgehead atoms. The van der Waals surface area contributed by atoms with Crippen molar-refractivity contribution < 1.29 is 19.1 Å². The van der Waals surface area contributed by atoms with E-state index in [1.54, 1.807) is 6.07 Å². The van der Waals surface area contributed by atoms with E-state index in [0.29, 0.717) is 13.1 Å². The van der Waals surface area contributed by atoms with Gasteiger partial charge in [0.05, 0.1) is 12.8 Å². The number of imide groups is 1. The topological polar surface area (TPSA) is 82.8 Å². The van der Waals surface area contributed by atoms with Gasteiger partial charge in [-0.05, 0) is 12.1 Å². The number of carbonyl (C=O) groups excluding carboxylic acids is 2. The largest absolute Gasteiger partial charge is 0.459 e. The Morgan fingerprint density at radius 3 is 2.88 bits per heavy atom. The molecule has 1 fully saturated rings. The molecule has 1 aromatic rings. The van der Waals surface area contributed by atoms with Crippen LogP contribution in [-0.4, -0.2) is 48.1 Å². The van der Waals surface area contributed by atoms with Crippen LogP contribution in [0.2, 0.25) is 0 Å². The number of hydrogen-bond acceptors (Lipinski definition) is 5. The maximum absolute atomic E-state index is 11.5. The second-order valence-electron chi connectivity index (χ2n) is 4.10.